The van der Waals surface area contributed by atoms with Gasteiger partial charge in [-0.2, -0.15) is 0 Å². The fourth-order valence-corrected chi connectivity index (χ4v) is 5.24. The highest BCUT2D eigenvalue weighted by Crippen LogP contribution is 2.42. The van der Waals surface area contributed by atoms with E-state index in [0.717, 1.165) is 19.3 Å². The summed E-state index contributed by atoms with van der Waals surface area (Å²) in [5.41, 5.74) is 0.997. The minimum Gasteiger partial charge on any atom is -0.426 e. The Hall–Kier alpha value is -3.55. The number of imide groups is 1. The van der Waals surface area contributed by atoms with Gasteiger partial charge in [-0.05, 0) is 73.7 Å². The molecule has 3 fully saturated rings. The van der Waals surface area contributed by atoms with Gasteiger partial charge in [0.2, 0.25) is 17.7 Å². The van der Waals surface area contributed by atoms with Gasteiger partial charge in [-0.15, -0.1) is 0 Å². The fraction of sp³-hybridized carbons (Fsp3) is 0.385. The number of esters is 1. The molecule has 4 atom stereocenters. The van der Waals surface area contributed by atoms with Gasteiger partial charge < -0.3 is 9.64 Å². The first-order valence-electron chi connectivity index (χ1n) is 11.6. The lowest BCUT2D eigenvalue weighted by Crippen LogP contribution is -2.30. The molecule has 5 rings (SSSR count). The van der Waals surface area contributed by atoms with Crippen molar-refractivity contribution in [2.75, 3.05) is 16.3 Å². The Bertz CT molecular complexity index is 1150. The second kappa shape index (κ2) is 8.66. The highest BCUT2D eigenvalue weighted by Gasteiger charge is 2.50. The predicted octanol–water partition coefficient (Wildman–Crippen LogP) is 3.71. The summed E-state index contributed by atoms with van der Waals surface area (Å²) in [6, 6.07) is 11.8. The summed E-state index contributed by atoms with van der Waals surface area (Å²) in [5.74, 6) is -1.93. The molecule has 3 aliphatic rings. The molecule has 1 aliphatic carbocycles. The maximum absolute atomic E-state index is 13.2. The number of carbonyl (C=O) groups is 4. The summed E-state index contributed by atoms with van der Waals surface area (Å²) in [6.07, 6.45) is 2.42. The zero-order valence-electron chi connectivity index (χ0n) is 18.8. The van der Waals surface area contributed by atoms with Crippen molar-refractivity contribution in [2.45, 2.75) is 32.6 Å². The van der Waals surface area contributed by atoms with Crippen LogP contribution in [0.4, 0.5) is 15.8 Å². The molecular weight excluding hydrogens is 439 g/mol. The lowest BCUT2D eigenvalue weighted by atomic mass is 9.76. The van der Waals surface area contributed by atoms with Crippen LogP contribution < -0.4 is 14.5 Å². The summed E-state index contributed by atoms with van der Waals surface area (Å²) in [7, 11) is 0. The largest absolute Gasteiger partial charge is 0.426 e. The number of fused-ring (bicyclic) bond motifs is 1. The van der Waals surface area contributed by atoms with Crippen molar-refractivity contribution in [2.24, 2.45) is 23.7 Å². The first kappa shape index (κ1) is 22.3. The lowest BCUT2D eigenvalue weighted by Gasteiger charge is -2.25. The van der Waals surface area contributed by atoms with Crippen molar-refractivity contribution < 1.29 is 28.3 Å². The molecule has 176 valence electrons. The third-order valence-corrected chi connectivity index (χ3v) is 7.10. The number of carbonyl (C=O) groups excluding carboxylic acids is 4. The Morgan fingerprint density at radius 3 is 2.26 bits per heavy atom. The minimum atomic E-state index is -0.649. The van der Waals surface area contributed by atoms with Crippen LogP contribution in [0.25, 0.3) is 0 Å². The van der Waals surface area contributed by atoms with E-state index in [0.29, 0.717) is 17.3 Å². The Kier molecular flexibility index (Phi) is 5.67. The van der Waals surface area contributed by atoms with Crippen LogP contribution in [0.15, 0.2) is 48.5 Å². The van der Waals surface area contributed by atoms with Crippen LogP contribution >= 0.6 is 0 Å². The number of halogens is 1. The van der Waals surface area contributed by atoms with E-state index in [1.807, 2.05) is 0 Å². The maximum atomic E-state index is 13.2. The second-order valence-electron chi connectivity index (χ2n) is 9.44. The SMILES string of the molecule is C[C@@H]1CC[C@@H]2C(=O)N(c3ccc(OC(=O)[C@@H]4CC(=O)N(c5ccc(F)cc5)C4)cc3)C(=O)[C@@H]2C1. The Morgan fingerprint density at radius 2 is 1.56 bits per heavy atom. The van der Waals surface area contributed by atoms with Gasteiger partial charge in [0, 0.05) is 18.7 Å². The number of amides is 3. The summed E-state index contributed by atoms with van der Waals surface area (Å²) >= 11 is 0. The molecular formula is C26H25FN2O5. The standard InChI is InChI=1S/C26H25FN2O5/c1-15-2-11-21-22(12-15)25(32)29(24(21)31)19-7-9-20(10-8-19)34-26(33)16-13-23(30)28(14-16)18-5-3-17(27)4-6-18/h3-10,15-16,21-22H,2,11-14H2,1H3/t15-,16-,21+,22-/m1/s1. The molecule has 0 unspecified atom stereocenters. The molecule has 1 saturated carbocycles. The highest BCUT2D eigenvalue weighted by molar-refractivity contribution is 6.22. The van der Waals surface area contributed by atoms with Crippen molar-refractivity contribution in [3.05, 3.63) is 54.3 Å². The summed E-state index contributed by atoms with van der Waals surface area (Å²) in [6.45, 7) is 2.26. The molecule has 2 heterocycles. The molecule has 7 nitrogen and oxygen atoms in total. The molecule has 3 amide bonds. The van der Waals surface area contributed by atoms with Crippen molar-refractivity contribution in [3.63, 3.8) is 0 Å². The predicted molar refractivity (Wildman–Crippen MR) is 121 cm³/mol. The third kappa shape index (κ3) is 3.97. The van der Waals surface area contributed by atoms with Gasteiger partial charge in [0.1, 0.15) is 11.6 Å². The quantitative estimate of drug-likeness (QED) is 0.391. The Morgan fingerprint density at radius 1 is 0.912 bits per heavy atom. The molecule has 0 aromatic heterocycles. The van der Waals surface area contributed by atoms with Gasteiger partial charge in [-0.25, -0.2) is 4.39 Å². The molecule has 34 heavy (non-hydrogen) atoms. The van der Waals surface area contributed by atoms with Crippen LogP contribution in [0.3, 0.4) is 0 Å². The molecule has 0 bridgehead atoms. The first-order valence-corrected chi connectivity index (χ1v) is 11.6. The topological polar surface area (TPSA) is 84.0 Å². The third-order valence-electron chi connectivity index (χ3n) is 7.10. The van der Waals surface area contributed by atoms with Crippen LogP contribution in [0, 0.1) is 29.5 Å². The van der Waals surface area contributed by atoms with Gasteiger partial charge in [-0.3, -0.25) is 24.1 Å². The number of rotatable bonds is 4. The van der Waals surface area contributed by atoms with Crippen molar-refractivity contribution in [1.82, 2.24) is 0 Å². The monoisotopic (exact) mass is 464 g/mol. The highest BCUT2D eigenvalue weighted by atomic mass is 19.1. The number of nitrogens with zero attached hydrogens (tertiary/aromatic N) is 2. The fourth-order valence-electron chi connectivity index (χ4n) is 5.24. The van der Waals surface area contributed by atoms with Gasteiger partial charge in [0.15, 0.2) is 0 Å². The number of ether oxygens (including phenoxy) is 1. The number of benzene rings is 2. The van der Waals surface area contributed by atoms with Gasteiger partial charge in [0.05, 0.1) is 23.4 Å². The van der Waals surface area contributed by atoms with Crippen LogP contribution in [0.1, 0.15) is 32.6 Å². The van der Waals surface area contributed by atoms with Crippen LogP contribution in [-0.4, -0.2) is 30.2 Å². The maximum Gasteiger partial charge on any atom is 0.316 e. The zero-order chi connectivity index (χ0) is 24.0. The van der Waals surface area contributed by atoms with E-state index in [1.54, 1.807) is 24.3 Å². The first-order chi connectivity index (χ1) is 16.3. The van der Waals surface area contributed by atoms with Crippen LogP contribution in [0.2, 0.25) is 0 Å². The normalized spacial score (nSPS) is 26.7. The Labute approximate surface area is 196 Å². The van der Waals surface area contributed by atoms with E-state index in [9.17, 15) is 23.6 Å². The average Bonchev–Trinajstić information content (AvgIpc) is 3.32. The average molecular weight is 464 g/mol. The smallest absolute Gasteiger partial charge is 0.316 e. The van der Waals surface area contributed by atoms with E-state index in [-0.39, 0.29) is 48.3 Å². The molecule has 0 spiro atoms. The van der Waals surface area contributed by atoms with Gasteiger partial charge in [0.25, 0.3) is 0 Å². The van der Waals surface area contributed by atoms with Crippen molar-refractivity contribution in [1.29, 1.82) is 0 Å². The summed E-state index contributed by atoms with van der Waals surface area (Å²) in [5, 5.41) is 0. The molecule has 2 aromatic rings. The van der Waals surface area contributed by atoms with Crippen molar-refractivity contribution >= 4 is 35.1 Å². The van der Waals surface area contributed by atoms with Crippen LogP contribution in [-0.2, 0) is 19.2 Å². The van der Waals surface area contributed by atoms with E-state index in [1.165, 1.54) is 34.1 Å². The Balaban J connectivity index is 1.24. The van der Waals surface area contributed by atoms with Crippen molar-refractivity contribution in [3.8, 4) is 5.75 Å². The molecule has 2 aromatic carbocycles. The van der Waals surface area contributed by atoms with E-state index in [2.05, 4.69) is 6.92 Å². The van der Waals surface area contributed by atoms with E-state index >= 15 is 0 Å². The molecule has 0 N–H and O–H groups in total. The minimum absolute atomic E-state index is 0.00622. The van der Waals surface area contributed by atoms with E-state index < -0.39 is 17.7 Å². The van der Waals surface area contributed by atoms with E-state index in [4.69, 9.17) is 4.74 Å². The zero-order valence-corrected chi connectivity index (χ0v) is 18.8. The lowest BCUT2D eigenvalue weighted by molar-refractivity contribution is -0.139. The second-order valence-corrected chi connectivity index (χ2v) is 9.44. The van der Waals surface area contributed by atoms with Gasteiger partial charge in [-0.1, -0.05) is 6.92 Å². The summed E-state index contributed by atoms with van der Waals surface area (Å²) < 4.78 is 18.6. The molecule has 2 saturated heterocycles. The molecule has 8 heteroatoms. The molecule has 0 radical (unpaired) electrons. The number of hydrogen-bond donors (Lipinski definition) is 0. The van der Waals surface area contributed by atoms with Gasteiger partial charge >= 0.3 is 5.97 Å². The number of hydrogen-bond acceptors (Lipinski definition) is 5. The summed E-state index contributed by atoms with van der Waals surface area (Å²) in [4.78, 5) is 53.5. The van der Waals surface area contributed by atoms with Crippen LogP contribution in [0.5, 0.6) is 5.75 Å². The number of anilines is 2. The molecule has 2 aliphatic heterocycles.